The van der Waals surface area contributed by atoms with E-state index in [9.17, 15) is 10.1 Å². The third kappa shape index (κ3) is 3.01. The molecule has 6 heteroatoms. The maximum absolute atomic E-state index is 10.6. The van der Waals surface area contributed by atoms with Gasteiger partial charge in [0.05, 0.1) is 22.2 Å². The van der Waals surface area contributed by atoms with Gasteiger partial charge in [-0.2, -0.15) is 0 Å². The molecule has 104 valence electrons. The summed E-state index contributed by atoms with van der Waals surface area (Å²) in [5.41, 5.74) is -0.484. The second-order valence-corrected chi connectivity index (χ2v) is 6.02. The summed E-state index contributed by atoms with van der Waals surface area (Å²) in [7, 11) is 0. The minimum atomic E-state index is -0.456. The summed E-state index contributed by atoms with van der Waals surface area (Å²) in [6.07, 6.45) is 2.12. The molecule has 19 heavy (non-hydrogen) atoms. The summed E-state index contributed by atoms with van der Waals surface area (Å²) >= 11 is 0. The maximum Gasteiger partial charge on any atom is 0.287 e. The zero-order valence-electron chi connectivity index (χ0n) is 11.6. The predicted octanol–water partition coefficient (Wildman–Crippen LogP) is 2.75. The van der Waals surface area contributed by atoms with E-state index >= 15 is 0 Å². The second-order valence-electron chi connectivity index (χ2n) is 6.02. The SMILES string of the molecule is CC1(C)CC(Nc2ccc([N+](=O)[O-])cn2)C(C)(C)O1. The molecule has 0 aromatic carbocycles. The molecule has 0 aliphatic carbocycles. The van der Waals surface area contributed by atoms with Crippen LogP contribution in [0, 0.1) is 10.1 Å². The molecule has 1 N–H and O–H groups in total. The molecular weight excluding hydrogens is 246 g/mol. The number of hydrogen-bond donors (Lipinski definition) is 1. The van der Waals surface area contributed by atoms with E-state index in [0.717, 1.165) is 6.42 Å². The largest absolute Gasteiger partial charge is 0.367 e. The molecule has 1 fully saturated rings. The van der Waals surface area contributed by atoms with Crippen molar-refractivity contribution in [2.24, 2.45) is 0 Å². The number of nitro groups is 1. The number of anilines is 1. The zero-order chi connectivity index (χ0) is 14.3. The Labute approximate surface area is 112 Å². The molecule has 1 unspecified atom stereocenters. The van der Waals surface area contributed by atoms with Crippen molar-refractivity contribution in [2.75, 3.05) is 5.32 Å². The highest BCUT2D eigenvalue weighted by atomic mass is 16.6. The van der Waals surface area contributed by atoms with Crippen molar-refractivity contribution in [3.63, 3.8) is 0 Å². The second kappa shape index (κ2) is 4.45. The van der Waals surface area contributed by atoms with Crippen molar-refractivity contribution in [2.45, 2.75) is 51.4 Å². The number of rotatable bonds is 3. The summed E-state index contributed by atoms with van der Waals surface area (Å²) in [5, 5.41) is 13.9. The van der Waals surface area contributed by atoms with Gasteiger partial charge in [-0.15, -0.1) is 0 Å². The molecule has 1 aliphatic rings. The number of nitrogens with one attached hydrogen (secondary N) is 1. The van der Waals surface area contributed by atoms with Crippen LogP contribution in [0.5, 0.6) is 0 Å². The van der Waals surface area contributed by atoms with Gasteiger partial charge in [-0.3, -0.25) is 10.1 Å². The van der Waals surface area contributed by atoms with Crippen LogP contribution in [0.4, 0.5) is 11.5 Å². The van der Waals surface area contributed by atoms with Crippen LogP contribution in [0.2, 0.25) is 0 Å². The first-order valence-electron chi connectivity index (χ1n) is 6.27. The molecule has 2 heterocycles. The highest BCUT2D eigenvalue weighted by Gasteiger charge is 2.45. The van der Waals surface area contributed by atoms with E-state index in [4.69, 9.17) is 4.74 Å². The quantitative estimate of drug-likeness (QED) is 0.671. The van der Waals surface area contributed by atoms with Crippen LogP contribution in [0.25, 0.3) is 0 Å². The summed E-state index contributed by atoms with van der Waals surface area (Å²) in [5.74, 6) is 0.630. The van der Waals surface area contributed by atoms with Crippen molar-refractivity contribution in [1.29, 1.82) is 0 Å². The fourth-order valence-corrected chi connectivity index (χ4v) is 2.55. The lowest BCUT2D eigenvalue weighted by molar-refractivity contribution is -0.385. The molecule has 1 aromatic heterocycles. The zero-order valence-corrected chi connectivity index (χ0v) is 11.6. The topological polar surface area (TPSA) is 77.3 Å². The standard InChI is InChI=1S/C13H19N3O3/c1-12(2)7-10(13(3,4)19-12)15-11-6-5-9(8-14-11)16(17)18/h5-6,8,10H,7H2,1-4H3,(H,14,15). The van der Waals surface area contributed by atoms with E-state index in [1.807, 2.05) is 13.8 Å². The number of pyridine rings is 1. The lowest BCUT2D eigenvalue weighted by Crippen LogP contribution is -2.38. The molecule has 1 atom stereocenters. The fraction of sp³-hybridized carbons (Fsp3) is 0.615. The van der Waals surface area contributed by atoms with Gasteiger partial charge in [-0.25, -0.2) is 4.98 Å². The Morgan fingerprint density at radius 1 is 1.42 bits per heavy atom. The Kier molecular flexibility index (Phi) is 3.22. The molecule has 0 radical (unpaired) electrons. The van der Waals surface area contributed by atoms with Gasteiger partial charge in [-0.05, 0) is 40.2 Å². The van der Waals surface area contributed by atoms with Gasteiger partial charge in [-0.1, -0.05) is 0 Å². The molecule has 1 saturated heterocycles. The Morgan fingerprint density at radius 2 is 2.11 bits per heavy atom. The third-order valence-corrected chi connectivity index (χ3v) is 3.36. The molecule has 1 aliphatic heterocycles. The van der Waals surface area contributed by atoms with E-state index in [1.54, 1.807) is 6.07 Å². The van der Waals surface area contributed by atoms with E-state index < -0.39 is 4.92 Å². The first-order chi connectivity index (χ1) is 8.70. The van der Waals surface area contributed by atoms with Gasteiger partial charge in [0.2, 0.25) is 0 Å². The molecule has 1 aromatic rings. The average Bonchev–Trinajstić information content (AvgIpc) is 2.47. The highest BCUT2D eigenvalue weighted by molar-refractivity contribution is 5.41. The van der Waals surface area contributed by atoms with Crippen molar-refractivity contribution in [3.05, 3.63) is 28.4 Å². The predicted molar refractivity (Wildman–Crippen MR) is 72.2 cm³/mol. The Hall–Kier alpha value is -1.69. The van der Waals surface area contributed by atoms with Crippen LogP contribution in [0.1, 0.15) is 34.1 Å². The van der Waals surface area contributed by atoms with Crippen LogP contribution in [0.15, 0.2) is 18.3 Å². The van der Waals surface area contributed by atoms with Gasteiger partial charge in [0.15, 0.2) is 0 Å². The number of hydrogen-bond acceptors (Lipinski definition) is 5. The monoisotopic (exact) mass is 265 g/mol. The molecule has 0 spiro atoms. The van der Waals surface area contributed by atoms with E-state index in [-0.39, 0.29) is 22.9 Å². The first kappa shape index (κ1) is 13.7. The van der Waals surface area contributed by atoms with E-state index in [2.05, 4.69) is 24.1 Å². The summed E-state index contributed by atoms with van der Waals surface area (Å²) in [6.45, 7) is 8.18. The highest BCUT2D eigenvalue weighted by Crippen LogP contribution is 2.38. The van der Waals surface area contributed by atoms with Gasteiger partial charge >= 0.3 is 0 Å². The van der Waals surface area contributed by atoms with Crippen LogP contribution in [0.3, 0.4) is 0 Å². The van der Waals surface area contributed by atoms with Crippen molar-refractivity contribution in [1.82, 2.24) is 4.98 Å². The van der Waals surface area contributed by atoms with Gasteiger partial charge in [0.1, 0.15) is 12.0 Å². The molecule has 0 amide bonds. The van der Waals surface area contributed by atoms with Crippen LogP contribution < -0.4 is 5.32 Å². The van der Waals surface area contributed by atoms with Gasteiger partial charge < -0.3 is 10.1 Å². The Balaban J connectivity index is 2.11. The minimum Gasteiger partial charge on any atom is -0.367 e. The summed E-state index contributed by atoms with van der Waals surface area (Å²) in [4.78, 5) is 14.2. The van der Waals surface area contributed by atoms with E-state index in [0.29, 0.717) is 5.82 Å². The van der Waals surface area contributed by atoms with Gasteiger partial charge in [0.25, 0.3) is 5.69 Å². The molecule has 2 rings (SSSR count). The first-order valence-corrected chi connectivity index (χ1v) is 6.27. The van der Waals surface area contributed by atoms with Crippen LogP contribution >= 0.6 is 0 Å². The normalized spacial score (nSPS) is 24.1. The van der Waals surface area contributed by atoms with Crippen molar-refractivity contribution in [3.8, 4) is 0 Å². The molecular formula is C13H19N3O3. The number of aromatic nitrogens is 1. The number of ether oxygens (including phenoxy) is 1. The average molecular weight is 265 g/mol. The Bertz CT molecular complexity index is 482. The third-order valence-electron chi connectivity index (χ3n) is 3.36. The van der Waals surface area contributed by atoms with Gasteiger partial charge in [0, 0.05) is 6.07 Å². The lowest BCUT2D eigenvalue weighted by Gasteiger charge is -2.27. The van der Waals surface area contributed by atoms with Crippen LogP contribution in [-0.4, -0.2) is 27.2 Å². The van der Waals surface area contributed by atoms with Crippen molar-refractivity contribution >= 4 is 11.5 Å². The van der Waals surface area contributed by atoms with Crippen molar-refractivity contribution < 1.29 is 9.66 Å². The molecule has 0 bridgehead atoms. The molecule has 0 saturated carbocycles. The summed E-state index contributed by atoms with van der Waals surface area (Å²) < 4.78 is 5.98. The smallest absolute Gasteiger partial charge is 0.287 e. The Morgan fingerprint density at radius 3 is 2.53 bits per heavy atom. The molecule has 6 nitrogen and oxygen atoms in total. The van der Waals surface area contributed by atoms with E-state index in [1.165, 1.54) is 12.3 Å². The van der Waals surface area contributed by atoms with Crippen LogP contribution in [-0.2, 0) is 4.74 Å². The summed E-state index contributed by atoms with van der Waals surface area (Å²) in [6, 6.07) is 3.19. The number of nitrogens with zero attached hydrogens (tertiary/aromatic N) is 2. The lowest BCUT2D eigenvalue weighted by atomic mass is 9.94. The minimum absolute atomic E-state index is 0.00666. The fourth-order valence-electron chi connectivity index (χ4n) is 2.55. The maximum atomic E-state index is 10.6.